The summed E-state index contributed by atoms with van der Waals surface area (Å²) in [5.74, 6) is -3.09. The predicted molar refractivity (Wildman–Crippen MR) is 77.0 cm³/mol. The Morgan fingerprint density at radius 3 is 2.74 bits per heavy atom. The van der Waals surface area contributed by atoms with Crippen LogP contribution in [0.3, 0.4) is 0 Å². The topological polar surface area (TPSA) is 84.4 Å². The van der Waals surface area contributed by atoms with E-state index in [4.69, 9.17) is 10.8 Å². The van der Waals surface area contributed by atoms with E-state index in [1.807, 2.05) is 0 Å². The van der Waals surface area contributed by atoms with E-state index in [0.29, 0.717) is 6.54 Å². The minimum Gasteiger partial charge on any atom is -0.480 e. The molecule has 1 aromatic heterocycles. The highest BCUT2D eigenvalue weighted by atomic mass is 19.2. The fraction of sp³-hybridized carbons (Fsp3) is 0.429. The molecule has 0 bridgehead atoms. The maximum atomic E-state index is 13.5. The Labute approximate surface area is 129 Å². The zero-order chi connectivity index (χ0) is 16.7. The van der Waals surface area contributed by atoms with Crippen LogP contribution in [0.25, 0.3) is 11.0 Å². The molecule has 0 saturated carbocycles. The highest BCUT2D eigenvalue weighted by Gasteiger charge is 2.29. The first-order valence-corrected chi connectivity index (χ1v) is 7.08. The molecule has 0 aliphatic carbocycles. The number of halogens is 3. The summed E-state index contributed by atoms with van der Waals surface area (Å²) >= 11 is 0. The van der Waals surface area contributed by atoms with E-state index in [1.165, 1.54) is 4.57 Å². The minimum atomic E-state index is -1.15. The summed E-state index contributed by atoms with van der Waals surface area (Å²) in [6.45, 7) is -0.0282. The van der Waals surface area contributed by atoms with E-state index < -0.39 is 36.4 Å². The Morgan fingerprint density at radius 2 is 2.09 bits per heavy atom. The molecule has 2 atom stereocenters. The van der Waals surface area contributed by atoms with Crippen molar-refractivity contribution in [2.24, 2.45) is 5.73 Å². The van der Waals surface area contributed by atoms with Gasteiger partial charge in [-0.2, -0.15) is 0 Å². The second-order valence-corrected chi connectivity index (χ2v) is 5.56. The SMILES string of the molecule is N[C@@H]1CN(c2nc3cc(F)c(F)cc3n2CC(=O)O)CC[C@H]1F. The van der Waals surface area contributed by atoms with Crippen LogP contribution in [0.15, 0.2) is 12.1 Å². The summed E-state index contributed by atoms with van der Waals surface area (Å²) in [6.07, 6.45) is -0.960. The number of nitrogens with two attached hydrogens (primary N) is 1. The first-order valence-electron chi connectivity index (χ1n) is 7.08. The van der Waals surface area contributed by atoms with Gasteiger partial charge in [0.2, 0.25) is 5.95 Å². The predicted octanol–water partition coefficient (Wildman–Crippen LogP) is 1.27. The molecule has 23 heavy (non-hydrogen) atoms. The van der Waals surface area contributed by atoms with Gasteiger partial charge < -0.3 is 15.7 Å². The van der Waals surface area contributed by atoms with Crippen LogP contribution in [0.1, 0.15) is 6.42 Å². The Hall–Kier alpha value is -2.29. The van der Waals surface area contributed by atoms with E-state index in [9.17, 15) is 18.0 Å². The molecule has 1 fully saturated rings. The Balaban J connectivity index is 2.09. The number of carboxylic acid groups (broad SMARTS) is 1. The fourth-order valence-electron chi connectivity index (χ4n) is 2.78. The number of aromatic nitrogens is 2. The molecule has 0 amide bonds. The first-order chi connectivity index (χ1) is 10.9. The van der Waals surface area contributed by atoms with Gasteiger partial charge in [0.25, 0.3) is 0 Å². The van der Waals surface area contributed by atoms with Crippen molar-refractivity contribution in [3.63, 3.8) is 0 Å². The van der Waals surface area contributed by atoms with E-state index >= 15 is 0 Å². The molecule has 9 heteroatoms. The standard InChI is InChI=1S/C14H15F3N4O2/c15-7-1-2-20(5-10(7)18)14-19-11-3-8(16)9(17)4-12(11)21(14)6-13(22)23/h3-4,7,10H,1-2,5-6,18H2,(H,22,23)/t7-,10-/m1/s1. The Morgan fingerprint density at radius 1 is 1.39 bits per heavy atom. The number of fused-ring (bicyclic) bond motifs is 1. The molecule has 0 spiro atoms. The van der Waals surface area contributed by atoms with Crippen LogP contribution in [-0.4, -0.2) is 45.9 Å². The molecule has 1 saturated heterocycles. The molecule has 2 aromatic rings. The number of benzene rings is 1. The highest BCUT2D eigenvalue weighted by molar-refractivity contribution is 5.81. The summed E-state index contributed by atoms with van der Waals surface area (Å²) in [5.41, 5.74) is 6.01. The van der Waals surface area contributed by atoms with Crippen LogP contribution >= 0.6 is 0 Å². The van der Waals surface area contributed by atoms with Gasteiger partial charge in [0.05, 0.1) is 17.1 Å². The monoisotopic (exact) mass is 328 g/mol. The Bertz CT molecular complexity index is 764. The molecule has 1 aliphatic heterocycles. The van der Waals surface area contributed by atoms with Gasteiger partial charge in [-0.05, 0) is 6.42 Å². The average Bonchev–Trinajstić information content (AvgIpc) is 2.80. The van der Waals surface area contributed by atoms with Crippen LogP contribution in [-0.2, 0) is 11.3 Å². The lowest BCUT2D eigenvalue weighted by Crippen LogP contribution is -2.50. The van der Waals surface area contributed by atoms with Gasteiger partial charge in [-0.25, -0.2) is 18.2 Å². The average molecular weight is 328 g/mol. The number of rotatable bonds is 3. The van der Waals surface area contributed by atoms with Crippen molar-refractivity contribution in [3.8, 4) is 0 Å². The summed E-state index contributed by atoms with van der Waals surface area (Å²) in [6, 6.07) is 1.09. The van der Waals surface area contributed by atoms with Crippen molar-refractivity contribution in [2.45, 2.75) is 25.2 Å². The third kappa shape index (κ3) is 2.83. The maximum Gasteiger partial charge on any atom is 0.323 e. The van der Waals surface area contributed by atoms with Gasteiger partial charge in [0.15, 0.2) is 11.6 Å². The van der Waals surface area contributed by atoms with Gasteiger partial charge in [-0.3, -0.25) is 9.36 Å². The van der Waals surface area contributed by atoms with Crippen LogP contribution in [0.2, 0.25) is 0 Å². The molecule has 2 heterocycles. The van der Waals surface area contributed by atoms with Gasteiger partial charge >= 0.3 is 5.97 Å². The van der Waals surface area contributed by atoms with Crippen LogP contribution in [0.4, 0.5) is 19.1 Å². The molecule has 1 aromatic carbocycles. The van der Waals surface area contributed by atoms with E-state index in [2.05, 4.69) is 4.98 Å². The summed E-state index contributed by atoms with van der Waals surface area (Å²) in [7, 11) is 0. The number of alkyl halides is 1. The largest absolute Gasteiger partial charge is 0.480 e. The lowest BCUT2D eigenvalue weighted by molar-refractivity contribution is -0.137. The van der Waals surface area contributed by atoms with Gasteiger partial charge in [0, 0.05) is 25.2 Å². The van der Waals surface area contributed by atoms with Gasteiger partial charge in [0.1, 0.15) is 12.7 Å². The number of anilines is 1. The maximum absolute atomic E-state index is 13.5. The van der Waals surface area contributed by atoms with Crippen molar-refractivity contribution in [1.29, 1.82) is 0 Å². The molecule has 3 N–H and O–H groups in total. The number of carboxylic acids is 1. The number of imidazole rings is 1. The van der Waals surface area contributed by atoms with Crippen molar-refractivity contribution in [1.82, 2.24) is 9.55 Å². The molecule has 1 aliphatic rings. The van der Waals surface area contributed by atoms with Gasteiger partial charge in [-0.1, -0.05) is 0 Å². The number of nitrogens with zero attached hydrogens (tertiary/aromatic N) is 3. The molecule has 3 rings (SSSR count). The zero-order valence-electron chi connectivity index (χ0n) is 12.0. The van der Waals surface area contributed by atoms with Crippen LogP contribution < -0.4 is 10.6 Å². The van der Waals surface area contributed by atoms with E-state index in [0.717, 1.165) is 12.1 Å². The quantitative estimate of drug-likeness (QED) is 0.886. The van der Waals surface area contributed by atoms with Crippen LogP contribution in [0.5, 0.6) is 0 Å². The lowest BCUT2D eigenvalue weighted by Gasteiger charge is -2.33. The van der Waals surface area contributed by atoms with Crippen molar-refractivity contribution in [2.75, 3.05) is 18.0 Å². The minimum absolute atomic E-state index is 0.135. The fourth-order valence-corrected chi connectivity index (χ4v) is 2.78. The third-order valence-electron chi connectivity index (χ3n) is 3.92. The van der Waals surface area contributed by atoms with E-state index in [1.54, 1.807) is 4.90 Å². The second kappa shape index (κ2) is 5.73. The van der Waals surface area contributed by atoms with Crippen molar-refractivity contribution in [3.05, 3.63) is 23.8 Å². The Kier molecular flexibility index (Phi) is 3.88. The zero-order valence-corrected chi connectivity index (χ0v) is 12.0. The second-order valence-electron chi connectivity index (χ2n) is 5.56. The highest BCUT2D eigenvalue weighted by Crippen LogP contribution is 2.27. The summed E-state index contributed by atoms with van der Waals surface area (Å²) in [5, 5.41) is 9.07. The smallest absolute Gasteiger partial charge is 0.323 e. The summed E-state index contributed by atoms with van der Waals surface area (Å²) in [4.78, 5) is 16.9. The number of hydrogen-bond donors (Lipinski definition) is 2. The lowest BCUT2D eigenvalue weighted by atomic mass is 10.1. The number of aliphatic carboxylic acids is 1. The molecular formula is C14H15F3N4O2. The van der Waals surface area contributed by atoms with Gasteiger partial charge in [-0.15, -0.1) is 0 Å². The normalized spacial score (nSPS) is 21.8. The van der Waals surface area contributed by atoms with Crippen LogP contribution in [0, 0.1) is 11.6 Å². The third-order valence-corrected chi connectivity index (χ3v) is 3.92. The molecule has 0 radical (unpaired) electrons. The van der Waals surface area contributed by atoms with Crippen molar-refractivity contribution >= 4 is 23.0 Å². The van der Waals surface area contributed by atoms with Crippen molar-refractivity contribution < 1.29 is 23.1 Å². The summed E-state index contributed by atoms with van der Waals surface area (Å²) < 4.78 is 41.7. The first kappa shape index (κ1) is 15.6. The molecule has 124 valence electrons. The number of hydrogen-bond acceptors (Lipinski definition) is 4. The molecule has 6 nitrogen and oxygen atoms in total. The molecule has 0 unspecified atom stereocenters. The number of piperidine rings is 1. The van der Waals surface area contributed by atoms with E-state index in [-0.39, 0.29) is 29.9 Å². The molecular weight excluding hydrogens is 313 g/mol. The number of carbonyl (C=O) groups is 1.